The van der Waals surface area contributed by atoms with Crippen LogP contribution in [0.2, 0.25) is 0 Å². The van der Waals surface area contributed by atoms with Gasteiger partial charge in [-0.1, -0.05) is 6.92 Å². The minimum absolute atomic E-state index is 0.0616. The molecule has 1 aromatic rings. The molecule has 0 bridgehead atoms. The summed E-state index contributed by atoms with van der Waals surface area (Å²) in [5.74, 6) is 0. The van der Waals surface area contributed by atoms with Crippen molar-refractivity contribution in [1.82, 2.24) is 20.1 Å². The Hall–Kier alpha value is -1.18. The van der Waals surface area contributed by atoms with Crippen LogP contribution in [0.1, 0.15) is 41.8 Å². The van der Waals surface area contributed by atoms with Crippen LogP contribution in [0.4, 0.5) is 4.79 Å². The summed E-state index contributed by atoms with van der Waals surface area (Å²) in [6, 6.07) is 0.0616. The molecule has 0 radical (unpaired) electrons. The van der Waals surface area contributed by atoms with Gasteiger partial charge in [-0.05, 0) is 39.7 Å². The smallest absolute Gasteiger partial charge is 0.317 e. The van der Waals surface area contributed by atoms with Gasteiger partial charge in [0, 0.05) is 56.2 Å². The molecule has 7 heteroatoms. The van der Waals surface area contributed by atoms with Crippen LogP contribution in [0.25, 0.3) is 0 Å². The van der Waals surface area contributed by atoms with E-state index in [0.717, 1.165) is 70.0 Å². The standard InChI is InChI=1S/C19H32N4O2S/c1-4-16-15(2)26-17(21-16)5-9-20-18(24)23-10-6-19(22(3)11-12-23)7-13-25-14-8-19/h4-14H2,1-3H3,(H,20,24). The molecule has 2 aliphatic rings. The van der Waals surface area contributed by atoms with Crippen LogP contribution in [0.15, 0.2) is 0 Å². The summed E-state index contributed by atoms with van der Waals surface area (Å²) >= 11 is 1.75. The van der Waals surface area contributed by atoms with E-state index in [1.54, 1.807) is 11.3 Å². The van der Waals surface area contributed by atoms with Crippen LogP contribution < -0.4 is 5.32 Å². The number of aryl methyl sites for hydroxylation is 2. The molecule has 146 valence electrons. The summed E-state index contributed by atoms with van der Waals surface area (Å²) in [5.41, 5.74) is 1.40. The summed E-state index contributed by atoms with van der Waals surface area (Å²) in [4.78, 5) is 23.0. The number of hydrogen-bond donors (Lipinski definition) is 1. The number of ether oxygens (including phenoxy) is 1. The summed E-state index contributed by atoms with van der Waals surface area (Å²) in [6.45, 7) is 9.13. The predicted octanol–water partition coefficient (Wildman–Crippen LogP) is 2.45. The minimum Gasteiger partial charge on any atom is -0.381 e. The number of thiazole rings is 1. The van der Waals surface area contributed by atoms with E-state index in [9.17, 15) is 4.79 Å². The fourth-order valence-electron chi connectivity index (χ4n) is 4.05. The molecule has 1 aromatic heterocycles. The maximum atomic E-state index is 12.6. The fourth-order valence-corrected chi connectivity index (χ4v) is 5.07. The van der Waals surface area contributed by atoms with E-state index >= 15 is 0 Å². The maximum absolute atomic E-state index is 12.6. The number of nitrogens with zero attached hydrogens (tertiary/aromatic N) is 3. The predicted molar refractivity (Wildman–Crippen MR) is 105 cm³/mol. The van der Waals surface area contributed by atoms with Crippen LogP contribution in [0.3, 0.4) is 0 Å². The van der Waals surface area contributed by atoms with E-state index in [-0.39, 0.29) is 11.6 Å². The highest BCUT2D eigenvalue weighted by atomic mass is 32.1. The molecule has 6 nitrogen and oxygen atoms in total. The molecule has 1 spiro atoms. The number of carbonyl (C=O) groups excluding carboxylic acids is 1. The van der Waals surface area contributed by atoms with E-state index in [1.807, 2.05) is 4.90 Å². The van der Waals surface area contributed by atoms with Crippen molar-refractivity contribution in [2.45, 2.75) is 51.5 Å². The first-order chi connectivity index (χ1) is 12.5. The molecule has 0 atom stereocenters. The molecular weight excluding hydrogens is 348 g/mol. The number of likely N-dealkylation sites (N-methyl/N-ethyl adjacent to an activating group) is 1. The first kappa shape index (κ1) is 19.6. The molecule has 2 fully saturated rings. The maximum Gasteiger partial charge on any atom is 0.317 e. The lowest BCUT2D eigenvalue weighted by atomic mass is 9.85. The van der Waals surface area contributed by atoms with Gasteiger partial charge in [0.1, 0.15) is 0 Å². The van der Waals surface area contributed by atoms with Crippen molar-refractivity contribution in [3.8, 4) is 0 Å². The second-order valence-electron chi connectivity index (χ2n) is 7.44. The van der Waals surface area contributed by atoms with Crippen molar-refractivity contribution in [3.05, 3.63) is 15.6 Å². The van der Waals surface area contributed by atoms with Crippen molar-refractivity contribution < 1.29 is 9.53 Å². The van der Waals surface area contributed by atoms with Gasteiger partial charge in [-0.2, -0.15) is 0 Å². The number of amides is 2. The Morgan fingerprint density at radius 1 is 1.27 bits per heavy atom. The summed E-state index contributed by atoms with van der Waals surface area (Å²) < 4.78 is 5.55. The highest BCUT2D eigenvalue weighted by Crippen LogP contribution is 2.32. The number of aromatic nitrogens is 1. The quantitative estimate of drug-likeness (QED) is 0.872. The van der Waals surface area contributed by atoms with Crippen molar-refractivity contribution in [2.24, 2.45) is 0 Å². The molecule has 0 saturated carbocycles. The van der Waals surface area contributed by atoms with Gasteiger partial charge in [0.25, 0.3) is 0 Å². The lowest BCUT2D eigenvalue weighted by Gasteiger charge is -2.43. The molecule has 3 rings (SSSR count). The Labute approximate surface area is 160 Å². The first-order valence-corrected chi connectivity index (χ1v) is 10.6. The Morgan fingerprint density at radius 2 is 2.04 bits per heavy atom. The van der Waals surface area contributed by atoms with Crippen LogP contribution in [-0.4, -0.2) is 72.8 Å². The minimum atomic E-state index is 0.0616. The van der Waals surface area contributed by atoms with Crippen LogP contribution in [0.5, 0.6) is 0 Å². The highest BCUT2D eigenvalue weighted by Gasteiger charge is 2.39. The zero-order chi connectivity index (χ0) is 18.6. The Bertz CT molecular complexity index is 613. The van der Waals surface area contributed by atoms with Gasteiger partial charge in [-0.15, -0.1) is 11.3 Å². The second kappa shape index (κ2) is 8.67. The van der Waals surface area contributed by atoms with E-state index in [2.05, 4.69) is 36.1 Å². The summed E-state index contributed by atoms with van der Waals surface area (Å²) in [7, 11) is 2.20. The lowest BCUT2D eigenvalue weighted by molar-refractivity contribution is -0.0158. The highest BCUT2D eigenvalue weighted by molar-refractivity contribution is 7.11. The van der Waals surface area contributed by atoms with Crippen molar-refractivity contribution in [3.63, 3.8) is 0 Å². The van der Waals surface area contributed by atoms with E-state index in [1.165, 1.54) is 10.6 Å². The van der Waals surface area contributed by atoms with Gasteiger partial charge in [-0.25, -0.2) is 9.78 Å². The Morgan fingerprint density at radius 3 is 2.73 bits per heavy atom. The SMILES string of the molecule is CCc1nc(CCNC(=O)N2CCN(C)C3(CCOCC3)CC2)sc1C. The Kier molecular flexibility index (Phi) is 6.53. The number of carbonyl (C=O) groups is 1. The van der Waals surface area contributed by atoms with E-state index < -0.39 is 0 Å². The molecule has 0 unspecified atom stereocenters. The van der Waals surface area contributed by atoms with E-state index in [0.29, 0.717) is 6.54 Å². The third kappa shape index (κ3) is 4.38. The molecule has 2 amide bonds. The molecule has 1 N–H and O–H groups in total. The number of rotatable bonds is 4. The molecule has 0 aromatic carbocycles. The summed E-state index contributed by atoms with van der Waals surface area (Å²) in [5, 5.41) is 4.21. The van der Waals surface area contributed by atoms with Gasteiger partial charge in [0.2, 0.25) is 0 Å². The zero-order valence-corrected chi connectivity index (χ0v) is 17.2. The number of hydrogen-bond acceptors (Lipinski definition) is 5. The van der Waals surface area contributed by atoms with Gasteiger partial charge < -0.3 is 15.0 Å². The topological polar surface area (TPSA) is 57.7 Å². The first-order valence-electron chi connectivity index (χ1n) is 9.81. The van der Waals surface area contributed by atoms with Gasteiger partial charge >= 0.3 is 6.03 Å². The van der Waals surface area contributed by atoms with Gasteiger partial charge in [0.05, 0.1) is 10.7 Å². The molecule has 0 aliphatic carbocycles. The Balaban J connectivity index is 1.48. The van der Waals surface area contributed by atoms with E-state index in [4.69, 9.17) is 4.74 Å². The number of nitrogens with one attached hydrogen (secondary N) is 1. The molecule has 3 heterocycles. The van der Waals surface area contributed by atoms with Crippen molar-refractivity contribution >= 4 is 17.4 Å². The molecule has 26 heavy (non-hydrogen) atoms. The molecule has 2 saturated heterocycles. The zero-order valence-electron chi connectivity index (χ0n) is 16.3. The number of urea groups is 1. The van der Waals surface area contributed by atoms with Gasteiger partial charge in [-0.3, -0.25) is 4.90 Å². The van der Waals surface area contributed by atoms with Crippen LogP contribution >= 0.6 is 11.3 Å². The average molecular weight is 381 g/mol. The van der Waals surface area contributed by atoms with Crippen LogP contribution in [0, 0.1) is 6.92 Å². The summed E-state index contributed by atoms with van der Waals surface area (Å²) in [6.07, 6.45) is 4.96. The largest absolute Gasteiger partial charge is 0.381 e. The monoisotopic (exact) mass is 380 g/mol. The lowest BCUT2D eigenvalue weighted by Crippen LogP contribution is -2.50. The fraction of sp³-hybridized carbons (Fsp3) is 0.789. The van der Waals surface area contributed by atoms with Gasteiger partial charge in [0.15, 0.2) is 0 Å². The third-order valence-corrected chi connectivity index (χ3v) is 7.03. The molecular formula is C19H32N4O2S. The van der Waals surface area contributed by atoms with Crippen LogP contribution in [-0.2, 0) is 17.6 Å². The molecule has 2 aliphatic heterocycles. The average Bonchev–Trinajstić information content (AvgIpc) is 2.93. The second-order valence-corrected chi connectivity index (χ2v) is 8.73. The van der Waals surface area contributed by atoms with Crippen molar-refractivity contribution in [1.29, 1.82) is 0 Å². The third-order valence-electron chi connectivity index (χ3n) is 5.96. The normalized spacial score (nSPS) is 21.0. The van der Waals surface area contributed by atoms with Crippen molar-refractivity contribution in [2.75, 3.05) is 46.4 Å².